The summed E-state index contributed by atoms with van der Waals surface area (Å²) in [6.45, 7) is 0.151. The van der Waals surface area contributed by atoms with Crippen molar-refractivity contribution in [3.8, 4) is 39.5 Å². The molecule has 0 aliphatic heterocycles. The smallest absolute Gasteiger partial charge is 0.249 e. The lowest BCUT2D eigenvalue weighted by Gasteiger charge is -2.12. The predicted octanol–water partition coefficient (Wildman–Crippen LogP) is 7.48. The van der Waals surface area contributed by atoms with E-state index in [-0.39, 0.29) is 35.1 Å². The fourth-order valence-corrected chi connectivity index (χ4v) is 5.71. The van der Waals surface area contributed by atoms with Crippen molar-refractivity contribution < 1.29 is 18.3 Å². The molecule has 8 heterocycles. The third-order valence-electron chi connectivity index (χ3n) is 8.21. The number of fused-ring (bicyclic) bond motifs is 2. The molecule has 0 radical (unpaired) electrons. The molecule has 0 unspecified atom stereocenters. The van der Waals surface area contributed by atoms with E-state index in [0.717, 1.165) is 11.1 Å². The summed E-state index contributed by atoms with van der Waals surface area (Å²) in [5, 5.41) is 14.1. The van der Waals surface area contributed by atoms with E-state index in [1.165, 1.54) is 18.3 Å². The van der Waals surface area contributed by atoms with E-state index in [0.29, 0.717) is 51.0 Å². The molecule has 0 bridgehead atoms. The van der Waals surface area contributed by atoms with E-state index >= 15 is 4.39 Å². The highest BCUT2D eigenvalue weighted by Crippen LogP contribution is 2.34. The van der Waals surface area contributed by atoms with Gasteiger partial charge in [0, 0.05) is 72.5 Å². The van der Waals surface area contributed by atoms with E-state index in [1.54, 1.807) is 79.5 Å². The van der Waals surface area contributed by atoms with Crippen molar-refractivity contribution in [1.29, 1.82) is 0 Å². The summed E-state index contributed by atoms with van der Waals surface area (Å²) in [7, 11) is 0. The first-order valence-corrected chi connectivity index (χ1v) is 15.7. The highest BCUT2D eigenvalue weighted by Gasteiger charge is 2.16. The van der Waals surface area contributed by atoms with Crippen LogP contribution in [0, 0.1) is 17.6 Å². The Morgan fingerprint density at radius 3 is 2.22 bits per heavy atom. The summed E-state index contributed by atoms with van der Waals surface area (Å²) in [6.07, 6.45) is 9.60. The minimum Gasteiger partial charge on any atom is -0.504 e. The van der Waals surface area contributed by atoms with Crippen LogP contribution in [0.25, 0.3) is 55.8 Å². The van der Waals surface area contributed by atoms with Gasteiger partial charge < -0.3 is 10.4 Å². The van der Waals surface area contributed by atoms with Crippen LogP contribution >= 0.6 is 0 Å². The molecule has 248 valence electrons. The summed E-state index contributed by atoms with van der Waals surface area (Å²) in [6, 6.07) is 20.1. The fraction of sp³-hybridized carbons (Fsp3) is 0.0526. The molecule has 0 spiro atoms. The Hall–Kier alpha value is -6.89. The number of hydrogen-bond acceptors (Lipinski definition) is 10. The molecule has 10 nitrogen and oxygen atoms in total. The molecule has 0 fully saturated rings. The molecule has 51 heavy (non-hydrogen) atoms. The third kappa shape index (κ3) is 6.35. The second-order valence-corrected chi connectivity index (χ2v) is 11.6. The second-order valence-electron chi connectivity index (χ2n) is 11.6. The van der Waals surface area contributed by atoms with Crippen LogP contribution in [0.15, 0.2) is 110 Å². The molecule has 8 rings (SSSR count). The van der Waals surface area contributed by atoms with E-state index in [2.05, 4.69) is 45.2 Å². The molecule has 0 aliphatic carbocycles. The Bertz CT molecular complexity index is 2600. The van der Waals surface area contributed by atoms with Crippen molar-refractivity contribution in [2.24, 2.45) is 0 Å². The van der Waals surface area contributed by atoms with E-state index < -0.39 is 17.6 Å². The number of anilines is 1. The average Bonchev–Trinajstić information content (AvgIpc) is 3.15. The van der Waals surface area contributed by atoms with Crippen LogP contribution in [0.3, 0.4) is 0 Å². The van der Waals surface area contributed by atoms with Crippen LogP contribution < -0.4 is 5.32 Å². The Labute approximate surface area is 287 Å². The van der Waals surface area contributed by atoms with Crippen molar-refractivity contribution >= 4 is 27.9 Å². The van der Waals surface area contributed by atoms with Gasteiger partial charge in [-0.05, 0) is 83.9 Å². The lowest BCUT2D eigenvalue weighted by molar-refractivity contribution is 0.476. The topological polar surface area (TPSA) is 135 Å². The monoisotopic (exact) mass is 679 g/mol. The zero-order valence-corrected chi connectivity index (χ0v) is 26.5. The largest absolute Gasteiger partial charge is 0.504 e. The number of hydrogen-bond donors (Lipinski definition) is 2. The van der Waals surface area contributed by atoms with Gasteiger partial charge in [0.1, 0.15) is 11.5 Å². The summed E-state index contributed by atoms with van der Waals surface area (Å²) in [4.78, 5) is 34.3. The Balaban J connectivity index is 0.980. The first-order valence-electron chi connectivity index (χ1n) is 15.7. The first kappa shape index (κ1) is 31.4. The molecule has 0 saturated carbocycles. The number of pyridine rings is 8. The molecule has 13 heteroatoms. The molecule has 0 saturated heterocycles. The summed E-state index contributed by atoms with van der Waals surface area (Å²) >= 11 is 0. The lowest BCUT2D eigenvalue weighted by atomic mass is 10.1. The molecule has 8 aromatic heterocycles. The molecular formula is C38H24F3N9O. The first-order chi connectivity index (χ1) is 24.9. The van der Waals surface area contributed by atoms with Crippen molar-refractivity contribution in [1.82, 2.24) is 39.9 Å². The molecule has 0 aliphatic rings. The van der Waals surface area contributed by atoms with Gasteiger partial charge in [-0.15, -0.1) is 0 Å². The average molecular weight is 680 g/mol. The fourth-order valence-electron chi connectivity index (χ4n) is 5.71. The minimum absolute atomic E-state index is 0.00262. The number of halogens is 3. The number of aromatic nitrogens is 8. The predicted molar refractivity (Wildman–Crippen MR) is 185 cm³/mol. The molecule has 0 aromatic carbocycles. The van der Waals surface area contributed by atoms with Crippen molar-refractivity contribution in [3.63, 3.8) is 0 Å². The zero-order valence-electron chi connectivity index (χ0n) is 26.5. The van der Waals surface area contributed by atoms with Crippen molar-refractivity contribution in [3.05, 3.63) is 144 Å². The summed E-state index contributed by atoms with van der Waals surface area (Å²) in [5.41, 5.74) is 6.43. The van der Waals surface area contributed by atoms with Crippen LogP contribution in [0.1, 0.15) is 16.8 Å². The molecule has 0 amide bonds. The van der Waals surface area contributed by atoms with Gasteiger partial charge in [0.2, 0.25) is 5.95 Å². The maximum Gasteiger partial charge on any atom is 0.249 e. The Morgan fingerprint density at radius 2 is 1.35 bits per heavy atom. The number of nitrogens with zero attached hydrogens (tertiary/aromatic N) is 8. The van der Waals surface area contributed by atoms with E-state index in [4.69, 9.17) is 0 Å². The summed E-state index contributed by atoms with van der Waals surface area (Å²) in [5.74, 6) is -2.67. The lowest BCUT2D eigenvalue weighted by Crippen LogP contribution is -2.04. The van der Waals surface area contributed by atoms with Crippen LogP contribution in [-0.2, 0) is 13.0 Å². The second kappa shape index (κ2) is 13.2. The SMILES string of the molecule is Oc1c(-c2ccc3ncccc3n2)ccnc1NCc1cnc(-c2ccnc(Cc3cnc4ccc(-c5ccnc(F)c5F)nc4c3)c2)c(F)c1. The normalized spacial score (nSPS) is 11.3. The minimum atomic E-state index is -1.20. The number of nitrogens with one attached hydrogen (secondary N) is 1. The van der Waals surface area contributed by atoms with Gasteiger partial charge in [0.15, 0.2) is 17.4 Å². The van der Waals surface area contributed by atoms with Gasteiger partial charge in [-0.3, -0.25) is 19.9 Å². The maximum absolute atomic E-state index is 15.5. The van der Waals surface area contributed by atoms with Gasteiger partial charge in [-0.1, -0.05) is 0 Å². The van der Waals surface area contributed by atoms with Gasteiger partial charge in [0.05, 0.1) is 33.5 Å². The molecule has 2 N–H and O–H groups in total. The van der Waals surface area contributed by atoms with Gasteiger partial charge in [-0.25, -0.2) is 28.7 Å². The Kier molecular flexibility index (Phi) is 8.12. The third-order valence-corrected chi connectivity index (χ3v) is 8.21. The van der Waals surface area contributed by atoms with E-state index in [9.17, 15) is 13.9 Å². The van der Waals surface area contributed by atoms with Crippen LogP contribution in [-0.4, -0.2) is 45.0 Å². The van der Waals surface area contributed by atoms with Crippen LogP contribution in [0.5, 0.6) is 5.75 Å². The quantitative estimate of drug-likeness (QED) is 0.156. The molecular weight excluding hydrogens is 655 g/mol. The highest BCUT2D eigenvalue weighted by atomic mass is 19.2. The van der Waals surface area contributed by atoms with Gasteiger partial charge >= 0.3 is 0 Å². The zero-order chi connectivity index (χ0) is 34.9. The Morgan fingerprint density at radius 1 is 0.608 bits per heavy atom. The van der Waals surface area contributed by atoms with Gasteiger partial charge in [0.25, 0.3) is 0 Å². The number of aromatic hydroxyl groups is 1. The standard InChI is InChI=1S/C38H24F3N9O/c39-27-15-22(20-48-38-36(51)26(9-13-45-38)29-4-5-30-32(49-29)2-1-10-43-30)19-47-35(27)23-7-11-42-24(17-23)14-21-16-33-31(46-18-21)6-3-28(50-33)25-8-12-44-37(41)34(25)40/h1-13,15-19,51H,14,20H2,(H,45,48). The van der Waals surface area contributed by atoms with Crippen LogP contribution in [0.4, 0.5) is 19.0 Å². The number of rotatable bonds is 8. The summed E-state index contributed by atoms with van der Waals surface area (Å²) < 4.78 is 43.5. The van der Waals surface area contributed by atoms with Gasteiger partial charge in [-0.2, -0.15) is 4.39 Å². The molecule has 0 atom stereocenters. The van der Waals surface area contributed by atoms with E-state index in [1.807, 2.05) is 12.1 Å². The maximum atomic E-state index is 15.5. The van der Waals surface area contributed by atoms with Crippen LogP contribution in [0.2, 0.25) is 0 Å². The highest BCUT2D eigenvalue weighted by molar-refractivity contribution is 5.81. The van der Waals surface area contributed by atoms with Crippen molar-refractivity contribution in [2.75, 3.05) is 5.32 Å². The molecule has 8 aromatic rings. The van der Waals surface area contributed by atoms with Crippen molar-refractivity contribution in [2.45, 2.75) is 13.0 Å².